The fraction of sp³-hybridized carbons (Fsp3) is 0.529. The van der Waals surface area contributed by atoms with Crippen molar-refractivity contribution in [2.24, 2.45) is 5.92 Å². The van der Waals surface area contributed by atoms with E-state index in [1.807, 2.05) is 6.07 Å². The van der Waals surface area contributed by atoms with Crippen molar-refractivity contribution >= 4 is 5.78 Å². The van der Waals surface area contributed by atoms with E-state index >= 15 is 0 Å². The minimum Gasteiger partial charge on any atom is -0.300 e. The molecule has 110 valence electrons. The maximum Gasteiger partial charge on any atom is 0.169 e. The van der Waals surface area contributed by atoms with Gasteiger partial charge in [0, 0.05) is 18.0 Å². The third-order valence-corrected chi connectivity index (χ3v) is 5.05. The number of ketones is 1. The smallest absolute Gasteiger partial charge is 0.169 e. The van der Waals surface area contributed by atoms with Crippen molar-refractivity contribution in [1.29, 1.82) is 5.26 Å². The minimum absolute atomic E-state index is 0.0782. The van der Waals surface area contributed by atoms with E-state index in [-0.39, 0.29) is 23.7 Å². The second-order valence-electron chi connectivity index (χ2n) is 6.23. The van der Waals surface area contributed by atoms with Crippen LogP contribution >= 0.6 is 0 Å². The Morgan fingerprint density at radius 3 is 2.67 bits per heavy atom. The Kier molecular flexibility index (Phi) is 3.77. The third-order valence-electron chi connectivity index (χ3n) is 5.05. The van der Waals surface area contributed by atoms with Gasteiger partial charge < -0.3 is 4.90 Å². The number of carbonyl (C=O) groups excluding carboxylic acids is 1. The molecule has 0 aromatic heterocycles. The lowest BCUT2D eigenvalue weighted by molar-refractivity contribution is 0.0763. The zero-order valence-electron chi connectivity index (χ0n) is 12.2. The molecular weight excluding hydrogens is 267 g/mol. The molecule has 0 spiro atoms. The van der Waals surface area contributed by atoms with Crippen molar-refractivity contribution in [3.8, 4) is 6.07 Å². The topological polar surface area (TPSA) is 44.1 Å². The number of Topliss-reactive ketones (excluding diaryl/α,β-unsaturated/α-hetero) is 1. The number of nitrogens with zero attached hydrogens (tertiary/aromatic N) is 2. The molecule has 3 nitrogen and oxygen atoms in total. The number of halogens is 1. The monoisotopic (exact) mass is 286 g/mol. The fourth-order valence-corrected chi connectivity index (χ4v) is 3.81. The molecule has 3 rings (SSSR count). The summed E-state index contributed by atoms with van der Waals surface area (Å²) >= 11 is 0. The zero-order valence-corrected chi connectivity index (χ0v) is 12.2. The summed E-state index contributed by atoms with van der Waals surface area (Å²) in [6.45, 7) is 0. The van der Waals surface area contributed by atoms with Gasteiger partial charge in [-0.15, -0.1) is 0 Å². The Bertz CT molecular complexity index is 593. The van der Waals surface area contributed by atoms with E-state index < -0.39 is 5.82 Å². The maximum atomic E-state index is 14.0. The van der Waals surface area contributed by atoms with Crippen LogP contribution in [0.2, 0.25) is 0 Å². The number of nitriles is 1. The van der Waals surface area contributed by atoms with Gasteiger partial charge in [0.1, 0.15) is 5.82 Å². The summed E-state index contributed by atoms with van der Waals surface area (Å²) in [7, 11) is 2.12. The quantitative estimate of drug-likeness (QED) is 0.802. The van der Waals surface area contributed by atoms with Crippen LogP contribution in [0.25, 0.3) is 0 Å². The van der Waals surface area contributed by atoms with Crippen LogP contribution in [-0.2, 0) is 6.42 Å². The van der Waals surface area contributed by atoms with Gasteiger partial charge in [0.05, 0.1) is 18.1 Å². The van der Waals surface area contributed by atoms with Crippen LogP contribution in [0.3, 0.4) is 0 Å². The molecule has 0 radical (unpaired) electrons. The SMILES string of the molecule is CN1C2CCC1CC(C(=O)c1cc(CC#N)ccc1F)C2. The summed E-state index contributed by atoms with van der Waals surface area (Å²) in [5.74, 6) is -0.629. The molecule has 1 aromatic rings. The highest BCUT2D eigenvalue weighted by atomic mass is 19.1. The Labute approximate surface area is 124 Å². The molecule has 1 aromatic carbocycles. The lowest BCUT2D eigenvalue weighted by Gasteiger charge is -2.35. The average Bonchev–Trinajstić information content (AvgIpc) is 2.70. The van der Waals surface area contributed by atoms with Crippen molar-refractivity contribution in [2.45, 2.75) is 44.2 Å². The minimum atomic E-state index is -0.465. The van der Waals surface area contributed by atoms with E-state index in [2.05, 4.69) is 11.9 Å². The molecule has 0 amide bonds. The molecule has 2 saturated heterocycles. The van der Waals surface area contributed by atoms with E-state index in [1.54, 1.807) is 12.1 Å². The number of piperidine rings is 1. The molecule has 2 atom stereocenters. The second-order valence-corrected chi connectivity index (χ2v) is 6.23. The van der Waals surface area contributed by atoms with Gasteiger partial charge in [-0.1, -0.05) is 6.07 Å². The molecule has 0 N–H and O–H groups in total. The molecule has 2 aliphatic rings. The van der Waals surface area contributed by atoms with E-state index in [1.165, 1.54) is 6.07 Å². The first-order valence-corrected chi connectivity index (χ1v) is 7.51. The second kappa shape index (κ2) is 5.57. The summed E-state index contributed by atoms with van der Waals surface area (Å²) in [4.78, 5) is 15.0. The normalized spacial score (nSPS) is 28.3. The van der Waals surface area contributed by atoms with Gasteiger partial charge in [-0.3, -0.25) is 4.79 Å². The highest BCUT2D eigenvalue weighted by Gasteiger charge is 2.41. The van der Waals surface area contributed by atoms with Crippen molar-refractivity contribution in [2.75, 3.05) is 7.05 Å². The number of carbonyl (C=O) groups is 1. The van der Waals surface area contributed by atoms with Gasteiger partial charge >= 0.3 is 0 Å². The summed E-state index contributed by atoms with van der Waals surface area (Å²) in [5.41, 5.74) is 0.870. The Hall–Kier alpha value is -1.73. The van der Waals surface area contributed by atoms with Gasteiger partial charge in [0.2, 0.25) is 0 Å². The number of benzene rings is 1. The number of fused-ring (bicyclic) bond motifs is 2. The van der Waals surface area contributed by atoms with Gasteiger partial charge in [0.25, 0.3) is 0 Å². The van der Waals surface area contributed by atoms with Crippen molar-refractivity contribution < 1.29 is 9.18 Å². The number of hydrogen-bond acceptors (Lipinski definition) is 3. The summed E-state index contributed by atoms with van der Waals surface area (Å²) in [6, 6.07) is 7.40. The molecule has 4 heteroatoms. The molecule has 0 aliphatic carbocycles. The summed E-state index contributed by atoms with van der Waals surface area (Å²) in [6.07, 6.45) is 4.14. The standard InChI is InChI=1S/C17H19FN2O/c1-20-13-3-4-14(20)10-12(9-13)17(21)15-8-11(6-7-19)2-5-16(15)18/h2,5,8,12-14H,3-4,6,9-10H2,1H3. The van der Waals surface area contributed by atoms with Crippen LogP contribution < -0.4 is 0 Å². The molecule has 2 heterocycles. The number of rotatable bonds is 3. The maximum absolute atomic E-state index is 14.0. The van der Waals surface area contributed by atoms with Crippen molar-refractivity contribution in [3.63, 3.8) is 0 Å². The van der Waals surface area contributed by atoms with Gasteiger partial charge in [0.15, 0.2) is 5.78 Å². The van der Waals surface area contributed by atoms with Gasteiger partial charge in [-0.25, -0.2) is 4.39 Å². The first-order chi connectivity index (χ1) is 10.1. The lowest BCUT2D eigenvalue weighted by atomic mass is 9.84. The predicted octanol–water partition coefficient (Wildman–Crippen LogP) is 2.95. The fourth-order valence-electron chi connectivity index (χ4n) is 3.81. The molecule has 2 bridgehead atoms. The Morgan fingerprint density at radius 1 is 1.38 bits per heavy atom. The highest BCUT2D eigenvalue weighted by Crippen LogP contribution is 2.38. The van der Waals surface area contributed by atoms with Crippen LogP contribution in [0, 0.1) is 23.1 Å². The predicted molar refractivity (Wildman–Crippen MR) is 77.3 cm³/mol. The molecule has 0 saturated carbocycles. The van der Waals surface area contributed by atoms with E-state index in [0.717, 1.165) is 25.7 Å². The molecule has 2 unspecified atom stereocenters. The Balaban J connectivity index is 1.83. The summed E-state index contributed by atoms with van der Waals surface area (Å²) in [5, 5.41) is 8.74. The first-order valence-electron chi connectivity index (χ1n) is 7.51. The van der Waals surface area contributed by atoms with E-state index in [9.17, 15) is 9.18 Å². The lowest BCUT2D eigenvalue weighted by Crippen LogP contribution is -2.42. The van der Waals surface area contributed by atoms with Crippen LogP contribution in [0.4, 0.5) is 4.39 Å². The van der Waals surface area contributed by atoms with Crippen molar-refractivity contribution in [1.82, 2.24) is 4.90 Å². The summed E-state index contributed by atoms with van der Waals surface area (Å²) < 4.78 is 14.0. The van der Waals surface area contributed by atoms with E-state index in [4.69, 9.17) is 5.26 Å². The van der Waals surface area contributed by atoms with E-state index in [0.29, 0.717) is 17.6 Å². The number of hydrogen-bond donors (Lipinski definition) is 0. The zero-order chi connectivity index (χ0) is 15.0. The molecule has 2 fully saturated rings. The van der Waals surface area contributed by atoms with Crippen LogP contribution in [0.1, 0.15) is 41.6 Å². The first kappa shape index (κ1) is 14.2. The Morgan fingerprint density at radius 2 is 2.05 bits per heavy atom. The highest BCUT2D eigenvalue weighted by molar-refractivity contribution is 5.98. The van der Waals surface area contributed by atoms with Gasteiger partial charge in [-0.05, 0) is 50.4 Å². The molecule has 21 heavy (non-hydrogen) atoms. The average molecular weight is 286 g/mol. The molecule has 2 aliphatic heterocycles. The largest absolute Gasteiger partial charge is 0.300 e. The van der Waals surface area contributed by atoms with Crippen LogP contribution in [-0.4, -0.2) is 29.8 Å². The third kappa shape index (κ3) is 2.58. The van der Waals surface area contributed by atoms with Crippen molar-refractivity contribution in [3.05, 3.63) is 35.1 Å². The molecular formula is C17H19FN2O. The van der Waals surface area contributed by atoms with Crippen LogP contribution in [0.5, 0.6) is 0 Å². The van der Waals surface area contributed by atoms with Gasteiger partial charge in [-0.2, -0.15) is 5.26 Å². The van der Waals surface area contributed by atoms with Crippen LogP contribution in [0.15, 0.2) is 18.2 Å².